The van der Waals surface area contributed by atoms with E-state index in [1.165, 1.54) is 205 Å². The number of amides is 1. The smallest absolute Gasteiger partial charge is 0.226 e. The number of hydrogen-bond donors (Lipinski definition) is 0. The maximum atomic E-state index is 14.4. The Bertz CT molecular complexity index is 690. The van der Waals surface area contributed by atoms with Gasteiger partial charge in [-0.2, -0.15) is 0 Å². The monoisotopic (exact) mass is 718 g/mol. The summed E-state index contributed by atoms with van der Waals surface area (Å²) < 4.78 is 0. The molecule has 0 aliphatic carbocycles. The molecule has 0 aliphatic heterocycles. The quantitative estimate of drug-likeness (QED) is 0.0578. The van der Waals surface area contributed by atoms with Crippen LogP contribution < -0.4 is 0 Å². The zero-order valence-corrected chi connectivity index (χ0v) is 37.1. The van der Waals surface area contributed by atoms with Crippen molar-refractivity contribution < 1.29 is 4.79 Å². The summed E-state index contributed by atoms with van der Waals surface area (Å²) >= 11 is 0. The second kappa shape index (κ2) is 35.2. The van der Waals surface area contributed by atoms with Gasteiger partial charge in [0, 0.05) is 19.0 Å². The highest BCUT2D eigenvalue weighted by atomic mass is 16.2. The Morgan fingerprint density at radius 3 is 0.882 bits per heavy atom. The van der Waals surface area contributed by atoms with Crippen molar-refractivity contribution in [2.75, 3.05) is 13.1 Å². The van der Waals surface area contributed by atoms with Gasteiger partial charge in [-0.15, -0.1) is 0 Å². The molecule has 0 N–H and O–H groups in total. The number of hydrogen-bond acceptors (Lipinski definition) is 1. The molecule has 51 heavy (non-hydrogen) atoms. The minimum absolute atomic E-state index is 0.0467. The third-order valence-corrected chi connectivity index (χ3v) is 12.7. The summed E-state index contributed by atoms with van der Waals surface area (Å²) in [5.74, 6) is 0.588. The van der Waals surface area contributed by atoms with Crippen LogP contribution in [0.4, 0.5) is 0 Å². The van der Waals surface area contributed by atoms with E-state index in [9.17, 15) is 4.79 Å². The Hall–Kier alpha value is -0.530. The van der Waals surface area contributed by atoms with Crippen molar-refractivity contribution in [2.45, 2.75) is 280 Å². The zero-order chi connectivity index (χ0) is 37.9. The minimum Gasteiger partial charge on any atom is -0.342 e. The van der Waals surface area contributed by atoms with Crippen LogP contribution in [-0.4, -0.2) is 23.9 Å². The fraction of sp³-hybridized carbons (Fsp3) is 0.980. The SMILES string of the molecule is CCCCCCCCCCCCCCCCCCN(CCCCCCCCCCCCCCCCCC)C(=O)C(CC(C)(C)CC)C(C)(C)CC. The average Bonchev–Trinajstić information content (AvgIpc) is 3.12. The first-order chi connectivity index (χ1) is 24.6. The van der Waals surface area contributed by atoms with Crippen molar-refractivity contribution in [3.63, 3.8) is 0 Å². The van der Waals surface area contributed by atoms with E-state index in [0.29, 0.717) is 5.91 Å². The second-order valence-electron chi connectivity index (χ2n) is 18.5. The molecule has 0 fully saturated rings. The van der Waals surface area contributed by atoms with Crippen LogP contribution in [0.2, 0.25) is 0 Å². The van der Waals surface area contributed by atoms with E-state index in [0.717, 1.165) is 32.4 Å². The van der Waals surface area contributed by atoms with Crippen LogP contribution in [0, 0.1) is 16.7 Å². The molecule has 1 amide bonds. The lowest BCUT2D eigenvalue weighted by molar-refractivity contribution is -0.141. The molecule has 0 radical (unpaired) electrons. The fourth-order valence-corrected chi connectivity index (χ4v) is 7.90. The molecule has 2 nitrogen and oxygen atoms in total. The first kappa shape index (κ1) is 50.5. The summed E-state index contributed by atoms with van der Waals surface area (Å²) in [6.07, 6.45) is 47.9. The van der Waals surface area contributed by atoms with Crippen molar-refractivity contribution in [1.82, 2.24) is 4.90 Å². The number of rotatable bonds is 40. The van der Waals surface area contributed by atoms with Gasteiger partial charge in [0.15, 0.2) is 0 Å². The van der Waals surface area contributed by atoms with Crippen LogP contribution in [0.5, 0.6) is 0 Å². The van der Waals surface area contributed by atoms with Crippen LogP contribution >= 0.6 is 0 Å². The van der Waals surface area contributed by atoms with Gasteiger partial charge in [-0.1, -0.05) is 261 Å². The normalized spacial score (nSPS) is 12.9. The van der Waals surface area contributed by atoms with Crippen molar-refractivity contribution in [3.8, 4) is 0 Å². The van der Waals surface area contributed by atoms with Gasteiger partial charge in [0.25, 0.3) is 0 Å². The highest BCUT2D eigenvalue weighted by Crippen LogP contribution is 2.41. The first-order valence-corrected chi connectivity index (χ1v) is 23.9. The summed E-state index contributed by atoms with van der Waals surface area (Å²) in [5, 5.41) is 0. The molecule has 1 unspecified atom stereocenters. The molecule has 0 bridgehead atoms. The number of carbonyl (C=O) groups is 1. The Kier molecular flexibility index (Phi) is 34.8. The summed E-state index contributed by atoms with van der Waals surface area (Å²) in [7, 11) is 0. The summed E-state index contributed by atoms with van der Waals surface area (Å²) in [5.41, 5.74) is 0.256. The van der Waals surface area contributed by atoms with Gasteiger partial charge in [-0.3, -0.25) is 4.79 Å². The van der Waals surface area contributed by atoms with Crippen molar-refractivity contribution in [1.29, 1.82) is 0 Å². The van der Waals surface area contributed by atoms with Gasteiger partial charge in [0.1, 0.15) is 0 Å². The molecule has 0 saturated carbocycles. The van der Waals surface area contributed by atoms with Gasteiger partial charge < -0.3 is 4.90 Å². The van der Waals surface area contributed by atoms with Gasteiger partial charge in [0.05, 0.1) is 0 Å². The molecule has 1 atom stereocenters. The van der Waals surface area contributed by atoms with Crippen LogP contribution in [0.15, 0.2) is 0 Å². The van der Waals surface area contributed by atoms with E-state index >= 15 is 0 Å². The third-order valence-electron chi connectivity index (χ3n) is 12.7. The highest BCUT2D eigenvalue weighted by Gasteiger charge is 2.39. The second-order valence-corrected chi connectivity index (χ2v) is 18.5. The predicted octanol–water partition coefficient (Wildman–Crippen LogP) is 17.2. The summed E-state index contributed by atoms with van der Waals surface area (Å²) in [6.45, 7) is 20.6. The number of carbonyl (C=O) groups excluding carboxylic acids is 1. The topological polar surface area (TPSA) is 20.3 Å². The third kappa shape index (κ3) is 30.5. The van der Waals surface area contributed by atoms with E-state index in [1.807, 2.05) is 0 Å². The molecular formula is C49H99NO. The first-order valence-electron chi connectivity index (χ1n) is 23.9. The maximum Gasteiger partial charge on any atom is 0.226 e. The molecule has 0 heterocycles. The van der Waals surface area contributed by atoms with Crippen LogP contribution in [0.3, 0.4) is 0 Å². The predicted molar refractivity (Wildman–Crippen MR) is 232 cm³/mol. The lowest BCUT2D eigenvalue weighted by atomic mass is 9.68. The average molecular weight is 718 g/mol. The maximum absolute atomic E-state index is 14.4. The Labute approximate surface area is 324 Å². The fourth-order valence-electron chi connectivity index (χ4n) is 7.90. The van der Waals surface area contributed by atoms with E-state index in [4.69, 9.17) is 0 Å². The van der Waals surface area contributed by atoms with Crippen molar-refractivity contribution >= 4 is 5.91 Å². The van der Waals surface area contributed by atoms with E-state index in [-0.39, 0.29) is 16.7 Å². The number of nitrogens with zero attached hydrogens (tertiary/aromatic N) is 1. The summed E-state index contributed by atoms with van der Waals surface area (Å²) in [4.78, 5) is 16.7. The standard InChI is InChI=1S/C49H99NO/c1-9-13-15-17-19-21-23-25-27-29-31-33-35-37-39-41-43-50(47(51)46(49(7,8)12-4)45-48(5,6)11-3)44-42-40-38-36-34-32-30-28-26-24-22-20-18-16-14-10-2/h46H,9-45H2,1-8H3. The largest absolute Gasteiger partial charge is 0.342 e. The Morgan fingerprint density at radius 2 is 0.647 bits per heavy atom. The molecule has 0 aromatic heterocycles. The Balaban J connectivity index is 4.49. The molecule has 0 aromatic rings. The van der Waals surface area contributed by atoms with Gasteiger partial charge in [-0.05, 0) is 30.1 Å². The van der Waals surface area contributed by atoms with Crippen LogP contribution in [0.25, 0.3) is 0 Å². The lowest BCUT2D eigenvalue weighted by Gasteiger charge is -2.40. The molecule has 0 aromatic carbocycles. The van der Waals surface area contributed by atoms with Gasteiger partial charge in [0.2, 0.25) is 5.91 Å². The molecule has 0 spiro atoms. The lowest BCUT2D eigenvalue weighted by Crippen LogP contribution is -2.44. The molecular weight excluding hydrogens is 619 g/mol. The molecule has 0 saturated heterocycles. The molecule has 306 valence electrons. The zero-order valence-electron chi connectivity index (χ0n) is 37.1. The number of unbranched alkanes of at least 4 members (excludes halogenated alkanes) is 30. The van der Waals surface area contributed by atoms with Crippen molar-refractivity contribution in [3.05, 3.63) is 0 Å². The molecule has 2 heteroatoms. The van der Waals surface area contributed by atoms with Gasteiger partial charge >= 0.3 is 0 Å². The summed E-state index contributed by atoms with van der Waals surface area (Å²) in [6, 6.07) is 0. The van der Waals surface area contributed by atoms with E-state index in [2.05, 4.69) is 60.3 Å². The van der Waals surface area contributed by atoms with E-state index in [1.54, 1.807) is 0 Å². The van der Waals surface area contributed by atoms with Gasteiger partial charge in [-0.25, -0.2) is 0 Å². The van der Waals surface area contributed by atoms with Crippen molar-refractivity contribution in [2.24, 2.45) is 16.7 Å². The van der Waals surface area contributed by atoms with Crippen LogP contribution in [0.1, 0.15) is 280 Å². The molecule has 0 rings (SSSR count). The highest BCUT2D eigenvalue weighted by molar-refractivity contribution is 5.79. The van der Waals surface area contributed by atoms with Crippen LogP contribution in [-0.2, 0) is 4.79 Å². The van der Waals surface area contributed by atoms with E-state index < -0.39 is 0 Å². The molecule has 0 aliphatic rings. The Morgan fingerprint density at radius 1 is 0.392 bits per heavy atom. The minimum atomic E-state index is 0.0467.